The van der Waals surface area contributed by atoms with Gasteiger partial charge in [0.15, 0.2) is 0 Å². The topological polar surface area (TPSA) is 21.3 Å². The molecule has 0 aliphatic carbocycles. The smallest absolute Gasteiger partial charge is 0.0561 e. The lowest BCUT2D eigenvalue weighted by Crippen LogP contribution is -2.37. The first-order valence-corrected chi connectivity index (χ1v) is 7.11. The predicted octanol–water partition coefficient (Wildman–Crippen LogP) is 3.76. The Morgan fingerprint density at radius 3 is 3.12 bits per heavy atom. The molecule has 1 N–H and O–H groups in total. The van der Waals surface area contributed by atoms with Crippen molar-refractivity contribution in [3.05, 3.63) is 33.3 Å². The average Bonchev–Trinajstić information content (AvgIpc) is 2.30. The largest absolute Gasteiger partial charge is 0.378 e. The van der Waals surface area contributed by atoms with Crippen LogP contribution < -0.4 is 5.32 Å². The third-order valence-corrected chi connectivity index (χ3v) is 3.94. The lowest BCUT2D eigenvalue weighted by Gasteiger charge is -2.28. The number of benzene rings is 1. The van der Waals surface area contributed by atoms with E-state index in [-0.39, 0.29) is 0 Å². The van der Waals surface area contributed by atoms with E-state index in [0.717, 1.165) is 41.1 Å². The molecule has 1 aliphatic heterocycles. The molecular formula is C13H17BrClNO. The van der Waals surface area contributed by atoms with Crippen molar-refractivity contribution in [3.63, 3.8) is 0 Å². The molecule has 94 valence electrons. The van der Waals surface area contributed by atoms with Crippen molar-refractivity contribution in [1.29, 1.82) is 0 Å². The van der Waals surface area contributed by atoms with Gasteiger partial charge < -0.3 is 10.1 Å². The van der Waals surface area contributed by atoms with Gasteiger partial charge in [-0.1, -0.05) is 27.5 Å². The normalized spacial score (nSPS) is 24.9. The van der Waals surface area contributed by atoms with Crippen molar-refractivity contribution >= 4 is 27.5 Å². The monoisotopic (exact) mass is 317 g/mol. The van der Waals surface area contributed by atoms with Crippen molar-refractivity contribution in [1.82, 2.24) is 5.32 Å². The summed E-state index contributed by atoms with van der Waals surface area (Å²) in [6.45, 7) is 3.79. The summed E-state index contributed by atoms with van der Waals surface area (Å²) in [7, 11) is 0. The lowest BCUT2D eigenvalue weighted by molar-refractivity contribution is 0.0130. The minimum atomic E-state index is 0.360. The lowest BCUT2D eigenvalue weighted by atomic mass is 10.0. The highest BCUT2D eigenvalue weighted by Gasteiger charge is 2.18. The van der Waals surface area contributed by atoms with E-state index in [1.807, 2.05) is 12.1 Å². The van der Waals surface area contributed by atoms with Crippen LogP contribution in [0.1, 0.15) is 25.3 Å². The molecule has 2 atom stereocenters. The molecule has 4 heteroatoms. The second kappa shape index (κ2) is 6.19. The summed E-state index contributed by atoms with van der Waals surface area (Å²) in [5, 5.41) is 4.37. The molecule has 1 heterocycles. The van der Waals surface area contributed by atoms with Crippen LogP contribution in [-0.4, -0.2) is 18.8 Å². The molecular weight excluding hydrogens is 302 g/mol. The van der Waals surface area contributed by atoms with Crippen LogP contribution in [0.2, 0.25) is 5.02 Å². The minimum Gasteiger partial charge on any atom is -0.378 e. The van der Waals surface area contributed by atoms with Gasteiger partial charge in [0.1, 0.15) is 0 Å². The van der Waals surface area contributed by atoms with Gasteiger partial charge in [-0.15, -0.1) is 0 Å². The second-order valence-corrected chi connectivity index (χ2v) is 5.84. The summed E-state index contributed by atoms with van der Waals surface area (Å²) >= 11 is 9.62. The van der Waals surface area contributed by atoms with Crippen LogP contribution in [0.15, 0.2) is 22.7 Å². The molecule has 2 unspecified atom stereocenters. The van der Waals surface area contributed by atoms with E-state index in [0.29, 0.717) is 12.1 Å². The molecule has 1 saturated heterocycles. The van der Waals surface area contributed by atoms with Crippen molar-refractivity contribution < 1.29 is 4.74 Å². The summed E-state index contributed by atoms with van der Waals surface area (Å²) < 4.78 is 6.60. The van der Waals surface area contributed by atoms with Crippen LogP contribution in [0, 0.1) is 0 Å². The molecule has 0 bridgehead atoms. The molecule has 1 aromatic rings. The molecule has 1 aliphatic rings. The van der Waals surface area contributed by atoms with Crippen molar-refractivity contribution in [2.75, 3.05) is 6.61 Å². The predicted molar refractivity (Wildman–Crippen MR) is 74.4 cm³/mol. The average molecular weight is 319 g/mol. The number of ether oxygens (including phenoxy) is 1. The van der Waals surface area contributed by atoms with Crippen LogP contribution in [0.25, 0.3) is 0 Å². The zero-order valence-corrected chi connectivity index (χ0v) is 12.2. The van der Waals surface area contributed by atoms with Gasteiger partial charge >= 0.3 is 0 Å². The molecule has 0 spiro atoms. The maximum Gasteiger partial charge on any atom is 0.0561 e. The molecule has 0 amide bonds. The highest BCUT2D eigenvalue weighted by Crippen LogP contribution is 2.21. The van der Waals surface area contributed by atoms with Gasteiger partial charge in [0.05, 0.1) is 6.10 Å². The maximum absolute atomic E-state index is 6.16. The molecule has 1 fully saturated rings. The van der Waals surface area contributed by atoms with E-state index >= 15 is 0 Å². The van der Waals surface area contributed by atoms with E-state index in [1.54, 1.807) is 0 Å². The van der Waals surface area contributed by atoms with E-state index in [4.69, 9.17) is 16.3 Å². The number of rotatable bonds is 3. The third-order valence-electron chi connectivity index (χ3n) is 3.07. The molecule has 0 aromatic heterocycles. The fraction of sp³-hybridized carbons (Fsp3) is 0.538. The summed E-state index contributed by atoms with van der Waals surface area (Å²) in [4.78, 5) is 0. The van der Waals surface area contributed by atoms with Crippen LogP contribution in [-0.2, 0) is 11.3 Å². The number of hydrogen-bond donors (Lipinski definition) is 1. The van der Waals surface area contributed by atoms with E-state index in [2.05, 4.69) is 34.2 Å². The SMILES string of the molecule is CC1CC(NCc2cc(Br)ccc2Cl)CCO1. The van der Waals surface area contributed by atoms with Gasteiger partial charge in [-0.3, -0.25) is 0 Å². The fourth-order valence-electron chi connectivity index (χ4n) is 2.12. The number of halogens is 2. The Labute approximate surface area is 116 Å². The highest BCUT2D eigenvalue weighted by molar-refractivity contribution is 9.10. The molecule has 17 heavy (non-hydrogen) atoms. The van der Waals surface area contributed by atoms with Crippen molar-refractivity contribution in [3.8, 4) is 0 Å². The minimum absolute atomic E-state index is 0.360. The summed E-state index contributed by atoms with van der Waals surface area (Å²) in [5.74, 6) is 0. The quantitative estimate of drug-likeness (QED) is 0.916. The Kier molecular flexibility index (Phi) is 4.86. The van der Waals surface area contributed by atoms with E-state index in [1.165, 1.54) is 0 Å². The highest BCUT2D eigenvalue weighted by atomic mass is 79.9. The van der Waals surface area contributed by atoms with Crippen LogP contribution in [0.5, 0.6) is 0 Å². The first-order valence-electron chi connectivity index (χ1n) is 5.94. The molecule has 0 saturated carbocycles. The Hall–Kier alpha value is -0.0900. The van der Waals surface area contributed by atoms with Crippen LogP contribution in [0.3, 0.4) is 0 Å². The number of nitrogens with one attached hydrogen (secondary N) is 1. The zero-order chi connectivity index (χ0) is 12.3. The van der Waals surface area contributed by atoms with Gasteiger partial charge in [0, 0.05) is 28.7 Å². The molecule has 1 aromatic carbocycles. The zero-order valence-electron chi connectivity index (χ0n) is 9.88. The van der Waals surface area contributed by atoms with E-state index in [9.17, 15) is 0 Å². The Balaban J connectivity index is 1.90. The maximum atomic E-state index is 6.16. The first kappa shape index (κ1) is 13.3. The third kappa shape index (κ3) is 3.95. The summed E-state index contributed by atoms with van der Waals surface area (Å²) in [5.41, 5.74) is 1.14. The number of hydrogen-bond acceptors (Lipinski definition) is 2. The van der Waals surface area contributed by atoms with Gasteiger partial charge in [0.2, 0.25) is 0 Å². The first-order chi connectivity index (χ1) is 8.15. The van der Waals surface area contributed by atoms with Crippen LogP contribution in [0.4, 0.5) is 0 Å². The second-order valence-electron chi connectivity index (χ2n) is 4.52. The van der Waals surface area contributed by atoms with Gasteiger partial charge in [-0.05, 0) is 43.5 Å². The molecule has 2 nitrogen and oxygen atoms in total. The Bertz CT molecular complexity index is 386. The van der Waals surface area contributed by atoms with Crippen molar-refractivity contribution in [2.24, 2.45) is 0 Å². The van der Waals surface area contributed by atoms with Gasteiger partial charge in [0.25, 0.3) is 0 Å². The standard InChI is InChI=1S/C13H17BrClNO/c1-9-6-12(4-5-17-9)16-8-10-7-11(14)2-3-13(10)15/h2-3,7,9,12,16H,4-6,8H2,1H3. The van der Waals surface area contributed by atoms with Gasteiger partial charge in [-0.25, -0.2) is 0 Å². The Morgan fingerprint density at radius 1 is 1.53 bits per heavy atom. The van der Waals surface area contributed by atoms with E-state index < -0.39 is 0 Å². The fourth-order valence-corrected chi connectivity index (χ4v) is 2.71. The summed E-state index contributed by atoms with van der Waals surface area (Å²) in [6.07, 6.45) is 2.51. The molecule has 2 rings (SSSR count). The Morgan fingerprint density at radius 2 is 2.35 bits per heavy atom. The van der Waals surface area contributed by atoms with Crippen molar-refractivity contribution in [2.45, 2.75) is 38.5 Å². The van der Waals surface area contributed by atoms with Crippen LogP contribution >= 0.6 is 27.5 Å². The van der Waals surface area contributed by atoms with Gasteiger partial charge in [-0.2, -0.15) is 0 Å². The summed E-state index contributed by atoms with van der Waals surface area (Å²) in [6, 6.07) is 6.49. The molecule has 0 radical (unpaired) electrons.